The largest absolute Gasteiger partial charge is 0.508 e. The second-order valence-electron chi connectivity index (χ2n) is 4.02. The molecule has 0 aromatic heterocycles. The van der Waals surface area contributed by atoms with Crippen molar-refractivity contribution < 1.29 is 40.2 Å². The zero-order valence-corrected chi connectivity index (χ0v) is 11.0. The van der Waals surface area contributed by atoms with E-state index in [1.54, 1.807) is 0 Å². The van der Waals surface area contributed by atoms with Gasteiger partial charge in [-0.05, 0) is 24.3 Å². The number of carboxylic acid groups (broad SMARTS) is 2. The van der Waals surface area contributed by atoms with E-state index in [0.29, 0.717) is 0 Å². The van der Waals surface area contributed by atoms with Gasteiger partial charge >= 0.3 is 11.9 Å². The van der Waals surface area contributed by atoms with Crippen LogP contribution in [0, 0.1) is 0 Å². The molecule has 0 saturated carbocycles. The first kappa shape index (κ1) is 16.6. The molecule has 0 atom stereocenters. The van der Waals surface area contributed by atoms with E-state index in [1.165, 1.54) is 18.2 Å². The molecule has 22 heavy (non-hydrogen) atoms. The van der Waals surface area contributed by atoms with Crippen LogP contribution in [0.5, 0.6) is 23.0 Å². The predicted molar refractivity (Wildman–Crippen MR) is 73.5 cm³/mol. The first-order valence-corrected chi connectivity index (χ1v) is 5.73. The normalized spacial score (nSPS) is 9.45. The molecule has 0 fully saturated rings. The maximum Gasteiger partial charge on any atom is 0.343 e. The van der Waals surface area contributed by atoms with Gasteiger partial charge in [-0.2, -0.15) is 0 Å². The molecule has 6 N–H and O–H groups in total. The van der Waals surface area contributed by atoms with Crippen LogP contribution in [0.4, 0.5) is 0 Å². The monoisotopic (exact) mass is 308 g/mol. The van der Waals surface area contributed by atoms with E-state index in [2.05, 4.69) is 0 Å². The summed E-state index contributed by atoms with van der Waals surface area (Å²) in [7, 11) is 0. The molecule has 0 aliphatic heterocycles. The highest BCUT2D eigenvalue weighted by atomic mass is 16.4. The molecule has 0 radical (unpaired) electrons. The van der Waals surface area contributed by atoms with Crippen LogP contribution < -0.4 is 0 Å². The van der Waals surface area contributed by atoms with E-state index >= 15 is 0 Å². The molecule has 0 heterocycles. The summed E-state index contributed by atoms with van der Waals surface area (Å²) in [6.07, 6.45) is 0. The van der Waals surface area contributed by atoms with Crippen LogP contribution in [-0.4, -0.2) is 42.6 Å². The summed E-state index contributed by atoms with van der Waals surface area (Å²) in [5.41, 5.74) is -0.602. The molecular weight excluding hydrogens is 296 g/mol. The van der Waals surface area contributed by atoms with E-state index in [4.69, 9.17) is 30.6 Å². The van der Waals surface area contributed by atoms with Crippen molar-refractivity contribution >= 4 is 11.9 Å². The van der Waals surface area contributed by atoms with E-state index in [0.717, 1.165) is 18.2 Å². The van der Waals surface area contributed by atoms with Gasteiger partial charge in [0.2, 0.25) is 0 Å². The average Bonchev–Trinajstić information content (AvgIpc) is 2.37. The van der Waals surface area contributed by atoms with E-state index in [9.17, 15) is 9.59 Å². The summed E-state index contributed by atoms with van der Waals surface area (Å²) in [6, 6.07) is 6.93. The van der Waals surface area contributed by atoms with Gasteiger partial charge in [0, 0.05) is 6.07 Å². The number of phenolic OH excluding ortho intramolecular Hbond substituents is 2. The van der Waals surface area contributed by atoms with Crippen LogP contribution in [0.2, 0.25) is 0 Å². The topological polar surface area (TPSA) is 156 Å². The third-order valence-corrected chi connectivity index (χ3v) is 2.38. The van der Waals surface area contributed by atoms with Crippen LogP contribution in [0.15, 0.2) is 36.4 Å². The summed E-state index contributed by atoms with van der Waals surface area (Å²) in [4.78, 5) is 20.6. The van der Waals surface area contributed by atoms with Gasteiger partial charge in [-0.1, -0.05) is 6.07 Å². The second-order valence-corrected chi connectivity index (χ2v) is 4.02. The number of aromatic hydroxyl groups is 4. The third-order valence-electron chi connectivity index (χ3n) is 2.38. The lowest BCUT2D eigenvalue weighted by Crippen LogP contribution is -1.96. The Labute approximate surface area is 123 Å². The molecule has 8 heteroatoms. The zero-order valence-electron chi connectivity index (χ0n) is 11.0. The first-order valence-electron chi connectivity index (χ1n) is 5.73. The molecule has 0 aliphatic carbocycles. The fourth-order valence-corrected chi connectivity index (χ4v) is 1.47. The SMILES string of the molecule is O=C(O)c1c(O)cccc1O.O=C(O)c1cc(O)cc(O)c1. The van der Waals surface area contributed by atoms with Gasteiger partial charge in [0.15, 0.2) is 0 Å². The zero-order chi connectivity index (χ0) is 16.9. The maximum atomic E-state index is 10.3. The van der Waals surface area contributed by atoms with Gasteiger partial charge in [-0.15, -0.1) is 0 Å². The quantitative estimate of drug-likeness (QED) is 0.488. The Morgan fingerprint density at radius 3 is 1.50 bits per heavy atom. The molecule has 116 valence electrons. The number of carbonyl (C=O) groups is 2. The fraction of sp³-hybridized carbons (Fsp3) is 0. The molecule has 8 nitrogen and oxygen atoms in total. The molecule has 0 saturated heterocycles. The van der Waals surface area contributed by atoms with Gasteiger partial charge in [0.25, 0.3) is 0 Å². The highest BCUT2D eigenvalue weighted by Crippen LogP contribution is 2.25. The fourth-order valence-electron chi connectivity index (χ4n) is 1.47. The predicted octanol–water partition coefficient (Wildman–Crippen LogP) is 1.59. The van der Waals surface area contributed by atoms with Crippen LogP contribution >= 0.6 is 0 Å². The standard InChI is InChI=1S/2C7H6O4/c8-5-1-4(7(10)11)2-6(9)3-5;8-4-2-1-3-5(9)6(4)7(10)11/h2*1-3,8-9H,(H,10,11). The number of phenols is 4. The third kappa shape index (κ3) is 4.30. The second kappa shape index (κ2) is 6.84. The first-order chi connectivity index (χ1) is 10.2. The highest BCUT2D eigenvalue weighted by molar-refractivity contribution is 5.93. The molecule has 0 bridgehead atoms. The Balaban J connectivity index is 0.000000220. The highest BCUT2D eigenvalue weighted by Gasteiger charge is 2.13. The Morgan fingerprint density at radius 1 is 0.727 bits per heavy atom. The van der Waals surface area contributed by atoms with Crippen molar-refractivity contribution in [2.24, 2.45) is 0 Å². The molecule has 0 amide bonds. The summed E-state index contributed by atoms with van der Waals surface area (Å²) in [5, 5.41) is 52.3. The van der Waals surface area contributed by atoms with Gasteiger partial charge in [0.1, 0.15) is 28.6 Å². The van der Waals surface area contributed by atoms with E-state index in [1.807, 2.05) is 0 Å². The lowest BCUT2D eigenvalue weighted by molar-refractivity contribution is 0.0681. The van der Waals surface area contributed by atoms with Crippen LogP contribution in [0.25, 0.3) is 0 Å². The molecule has 2 aromatic carbocycles. The number of benzene rings is 2. The minimum absolute atomic E-state index is 0.137. The molecule has 2 rings (SSSR count). The van der Waals surface area contributed by atoms with Gasteiger partial charge in [0.05, 0.1) is 5.56 Å². The maximum absolute atomic E-state index is 10.3. The van der Waals surface area contributed by atoms with Crippen LogP contribution in [0.1, 0.15) is 20.7 Å². The van der Waals surface area contributed by atoms with Crippen LogP contribution in [0.3, 0.4) is 0 Å². The molecule has 2 aromatic rings. The van der Waals surface area contributed by atoms with Gasteiger partial charge < -0.3 is 30.6 Å². The Kier molecular flexibility index (Phi) is 5.17. The number of carboxylic acids is 2. The molecule has 0 spiro atoms. The molecule has 0 aliphatic rings. The molecule has 0 unspecified atom stereocenters. The summed E-state index contributed by atoms with van der Waals surface area (Å²) in [6.45, 7) is 0. The number of hydrogen-bond donors (Lipinski definition) is 6. The van der Waals surface area contributed by atoms with E-state index in [-0.39, 0.29) is 17.1 Å². The van der Waals surface area contributed by atoms with Gasteiger partial charge in [-0.3, -0.25) is 0 Å². The lowest BCUT2D eigenvalue weighted by Gasteiger charge is -1.99. The van der Waals surface area contributed by atoms with E-state index < -0.39 is 29.0 Å². The Bertz CT molecular complexity index is 667. The summed E-state index contributed by atoms with van der Waals surface area (Å²) < 4.78 is 0. The average molecular weight is 308 g/mol. The number of aromatic carboxylic acids is 2. The Hall–Kier alpha value is -3.42. The van der Waals surface area contributed by atoms with Crippen molar-refractivity contribution in [3.05, 3.63) is 47.5 Å². The van der Waals surface area contributed by atoms with Crippen molar-refractivity contribution in [3.8, 4) is 23.0 Å². The Morgan fingerprint density at radius 2 is 1.18 bits per heavy atom. The van der Waals surface area contributed by atoms with Crippen molar-refractivity contribution in [2.45, 2.75) is 0 Å². The van der Waals surface area contributed by atoms with Crippen molar-refractivity contribution in [3.63, 3.8) is 0 Å². The van der Waals surface area contributed by atoms with Crippen molar-refractivity contribution in [1.29, 1.82) is 0 Å². The molecular formula is C14H12O8. The van der Waals surface area contributed by atoms with Crippen molar-refractivity contribution in [2.75, 3.05) is 0 Å². The van der Waals surface area contributed by atoms with Crippen LogP contribution in [-0.2, 0) is 0 Å². The minimum atomic E-state index is -1.35. The number of rotatable bonds is 2. The smallest absolute Gasteiger partial charge is 0.343 e. The van der Waals surface area contributed by atoms with Gasteiger partial charge in [-0.25, -0.2) is 9.59 Å². The minimum Gasteiger partial charge on any atom is -0.508 e. The lowest BCUT2D eigenvalue weighted by atomic mass is 10.2. The van der Waals surface area contributed by atoms with Crippen molar-refractivity contribution in [1.82, 2.24) is 0 Å². The summed E-state index contributed by atoms with van der Waals surface area (Å²) in [5.74, 6) is -3.92. The summed E-state index contributed by atoms with van der Waals surface area (Å²) >= 11 is 0. The number of hydrogen-bond acceptors (Lipinski definition) is 6.